The van der Waals surface area contributed by atoms with Crippen molar-refractivity contribution in [3.05, 3.63) is 0 Å². The summed E-state index contributed by atoms with van der Waals surface area (Å²) in [6.45, 7) is 9.60. The van der Waals surface area contributed by atoms with Gasteiger partial charge in [-0.1, -0.05) is 45.9 Å². The van der Waals surface area contributed by atoms with E-state index in [1.54, 1.807) is 0 Å². The van der Waals surface area contributed by atoms with Crippen molar-refractivity contribution in [3.8, 4) is 0 Å². The molecule has 18 heavy (non-hydrogen) atoms. The Morgan fingerprint density at radius 2 is 1.72 bits per heavy atom. The number of halogens is 3. The van der Waals surface area contributed by atoms with Gasteiger partial charge in [0.05, 0.1) is 0 Å². The molecule has 0 aliphatic carbocycles. The summed E-state index contributed by atoms with van der Waals surface area (Å²) in [5.41, 5.74) is -3.92. The standard InChI is InChI=1S/C13H26F3NS/c1-5-9-17-11(12(2,3)4)8-6-7-10-18-13(14,15)16/h11,17H,5-10H2,1-4H3. The SMILES string of the molecule is CCCNC(CCCCSC(F)(F)F)C(C)(C)C. The molecule has 0 aromatic heterocycles. The topological polar surface area (TPSA) is 12.0 Å². The third-order valence-corrected chi connectivity index (χ3v) is 3.66. The van der Waals surface area contributed by atoms with Crippen molar-refractivity contribution in [2.45, 2.75) is 64.9 Å². The first-order chi connectivity index (χ1) is 8.17. The fourth-order valence-electron chi connectivity index (χ4n) is 1.80. The first kappa shape index (κ1) is 18.1. The predicted octanol–water partition coefficient (Wildman–Crippen LogP) is 4.82. The van der Waals surface area contributed by atoms with E-state index < -0.39 is 5.51 Å². The Hall–Kier alpha value is 0.100. The van der Waals surface area contributed by atoms with Crippen LogP contribution < -0.4 is 5.32 Å². The molecular formula is C13H26F3NS. The highest BCUT2D eigenvalue weighted by atomic mass is 32.2. The van der Waals surface area contributed by atoms with Crippen LogP contribution in [0.2, 0.25) is 0 Å². The van der Waals surface area contributed by atoms with Gasteiger partial charge in [-0.3, -0.25) is 0 Å². The number of thioether (sulfide) groups is 1. The van der Waals surface area contributed by atoms with Gasteiger partial charge in [-0.25, -0.2) is 0 Å². The Bertz CT molecular complexity index is 211. The minimum Gasteiger partial charge on any atom is -0.313 e. The predicted molar refractivity (Wildman–Crippen MR) is 73.9 cm³/mol. The Morgan fingerprint density at radius 1 is 1.11 bits per heavy atom. The molecule has 0 fully saturated rings. The van der Waals surface area contributed by atoms with Gasteiger partial charge in [0.25, 0.3) is 0 Å². The first-order valence-corrected chi connectivity index (χ1v) is 7.59. The average molecular weight is 285 g/mol. The maximum absolute atomic E-state index is 11.9. The first-order valence-electron chi connectivity index (χ1n) is 6.61. The summed E-state index contributed by atoms with van der Waals surface area (Å²) >= 11 is 0.0902. The minimum atomic E-state index is -4.08. The van der Waals surface area contributed by atoms with Gasteiger partial charge in [0, 0.05) is 11.8 Å². The van der Waals surface area contributed by atoms with Gasteiger partial charge in [-0.05, 0) is 31.2 Å². The van der Waals surface area contributed by atoms with Crippen LogP contribution in [0.3, 0.4) is 0 Å². The lowest BCUT2D eigenvalue weighted by Gasteiger charge is -2.32. The molecule has 0 radical (unpaired) electrons. The monoisotopic (exact) mass is 285 g/mol. The molecule has 110 valence electrons. The molecule has 0 amide bonds. The molecule has 0 spiro atoms. The van der Waals surface area contributed by atoms with E-state index in [-0.39, 0.29) is 22.9 Å². The lowest BCUT2D eigenvalue weighted by molar-refractivity contribution is -0.0328. The molecule has 1 N–H and O–H groups in total. The van der Waals surface area contributed by atoms with Crippen molar-refractivity contribution >= 4 is 11.8 Å². The van der Waals surface area contributed by atoms with Gasteiger partial charge in [0.15, 0.2) is 0 Å². The van der Waals surface area contributed by atoms with Crippen LogP contribution in [0.1, 0.15) is 53.4 Å². The van der Waals surface area contributed by atoms with Crippen molar-refractivity contribution in [1.29, 1.82) is 0 Å². The number of unbranched alkanes of at least 4 members (excludes halogenated alkanes) is 1. The van der Waals surface area contributed by atoms with Crippen LogP contribution in [0.5, 0.6) is 0 Å². The van der Waals surface area contributed by atoms with Crippen LogP contribution >= 0.6 is 11.8 Å². The highest BCUT2D eigenvalue weighted by Crippen LogP contribution is 2.31. The number of rotatable bonds is 8. The maximum atomic E-state index is 11.9. The Kier molecular flexibility index (Phi) is 8.35. The quantitative estimate of drug-likeness (QED) is 0.641. The number of nitrogens with one attached hydrogen (secondary N) is 1. The summed E-state index contributed by atoms with van der Waals surface area (Å²) in [5, 5.41) is 3.49. The second-order valence-electron chi connectivity index (χ2n) is 5.66. The number of hydrogen-bond donors (Lipinski definition) is 1. The zero-order chi connectivity index (χ0) is 14.2. The number of hydrogen-bond acceptors (Lipinski definition) is 2. The third kappa shape index (κ3) is 10.1. The molecular weight excluding hydrogens is 259 g/mol. The minimum absolute atomic E-state index is 0.0902. The summed E-state index contributed by atoms with van der Waals surface area (Å²) in [4.78, 5) is 0. The van der Waals surface area contributed by atoms with Gasteiger partial charge < -0.3 is 5.32 Å². The highest BCUT2D eigenvalue weighted by molar-refractivity contribution is 8.00. The zero-order valence-corrected chi connectivity index (χ0v) is 12.7. The summed E-state index contributed by atoms with van der Waals surface area (Å²) in [6.07, 6.45) is 3.50. The van der Waals surface area contributed by atoms with Gasteiger partial charge in [0.2, 0.25) is 0 Å². The van der Waals surface area contributed by atoms with Gasteiger partial charge >= 0.3 is 5.51 Å². The van der Waals surface area contributed by atoms with E-state index in [9.17, 15) is 13.2 Å². The van der Waals surface area contributed by atoms with Crippen LogP contribution in [0.25, 0.3) is 0 Å². The maximum Gasteiger partial charge on any atom is 0.441 e. The van der Waals surface area contributed by atoms with E-state index in [1.807, 2.05) is 0 Å². The number of alkyl halides is 3. The smallest absolute Gasteiger partial charge is 0.313 e. The molecule has 1 atom stereocenters. The Labute approximate surface area is 113 Å². The van der Waals surface area contributed by atoms with Gasteiger partial charge in [-0.15, -0.1) is 0 Å². The van der Waals surface area contributed by atoms with Crippen LogP contribution in [-0.2, 0) is 0 Å². The zero-order valence-electron chi connectivity index (χ0n) is 11.9. The molecule has 0 heterocycles. The normalized spacial score (nSPS) is 14.8. The van der Waals surface area contributed by atoms with E-state index in [2.05, 4.69) is 33.0 Å². The fourth-order valence-corrected chi connectivity index (χ4v) is 2.38. The van der Waals surface area contributed by atoms with Crippen molar-refractivity contribution in [2.75, 3.05) is 12.3 Å². The van der Waals surface area contributed by atoms with Gasteiger partial charge in [-0.2, -0.15) is 13.2 Å². The lowest BCUT2D eigenvalue weighted by atomic mass is 9.83. The van der Waals surface area contributed by atoms with Gasteiger partial charge in [0.1, 0.15) is 0 Å². The molecule has 1 nitrogen and oxygen atoms in total. The molecule has 0 aromatic carbocycles. The molecule has 0 bridgehead atoms. The fraction of sp³-hybridized carbons (Fsp3) is 1.00. The van der Waals surface area contributed by atoms with Crippen LogP contribution in [0, 0.1) is 5.41 Å². The van der Waals surface area contributed by atoms with Crippen LogP contribution in [-0.4, -0.2) is 23.8 Å². The molecule has 0 rings (SSSR count). The van der Waals surface area contributed by atoms with E-state index in [0.717, 1.165) is 25.8 Å². The van der Waals surface area contributed by atoms with Crippen LogP contribution in [0.4, 0.5) is 13.2 Å². The van der Waals surface area contributed by atoms with E-state index in [1.165, 1.54) is 0 Å². The van der Waals surface area contributed by atoms with E-state index in [4.69, 9.17) is 0 Å². The van der Waals surface area contributed by atoms with Crippen LogP contribution in [0.15, 0.2) is 0 Å². The molecule has 1 unspecified atom stereocenters. The van der Waals surface area contributed by atoms with Crippen molar-refractivity contribution in [2.24, 2.45) is 5.41 Å². The summed E-state index contributed by atoms with van der Waals surface area (Å²) in [6, 6.07) is 0.383. The molecule has 0 aromatic rings. The summed E-state index contributed by atoms with van der Waals surface area (Å²) in [7, 11) is 0. The second kappa shape index (κ2) is 8.31. The molecule has 0 aliphatic rings. The Morgan fingerprint density at radius 3 is 2.17 bits per heavy atom. The van der Waals surface area contributed by atoms with E-state index in [0.29, 0.717) is 12.5 Å². The molecule has 0 aliphatic heterocycles. The highest BCUT2D eigenvalue weighted by Gasteiger charge is 2.27. The van der Waals surface area contributed by atoms with Crippen molar-refractivity contribution in [3.63, 3.8) is 0 Å². The molecule has 5 heteroatoms. The average Bonchev–Trinajstić information content (AvgIpc) is 2.18. The third-order valence-electron chi connectivity index (χ3n) is 2.84. The largest absolute Gasteiger partial charge is 0.441 e. The lowest BCUT2D eigenvalue weighted by Crippen LogP contribution is -2.40. The summed E-state index contributed by atoms with van der Waals surface area (Å²) in [5.74, 6) is 0.175. The second-order valence-corrected chi connectivity index (χ2v) is 6.82. The van der Waals surface area contributed by atoms with E-state index >= 15 is 0 Å². The molecule has 0 saturated heterocycles. The van der Waals surface area contributed by atoms with Crippen molar-refractivity contribution in [1.82, 2.24) is 5.32 Å². The molecule has 0 saturated carbocycles. The van der Waals surface area contributed by atoms with Crippen molar-refractivity contribution < 1.29 is 13.2 Å². The Balaban J connectivity index is 3.83. The summed E-state index contributed by atoms with van der Waals surface area (Å²) < 4.78 is 35.8.